The molecule has 32 heavy (non-hydrogen) atoms. The minimum atomic E-state index is -5.70. The zero-order valence-electron chi connectivity index (χ0n) is 15.5. The molecule has 1 aromatic rings. The Labute approximate surface area is 192 Å². The number of aliphatic hydroxyl groups excluding tert-OH is 1. The molecule has 0 saturated carbocycles. The molecule has 0 amide bonds. The molecule has 1 aliphatic heterocycles. The lowest BCUT2D eigenvalue weighted by atomic mass is 10.2. The van der Waals surface area contributed by atoms with Crippen LogP contribution in [0, 0.1) is 11.8 Å². The molecule has 1 fully saturated rings. The third-order valence-electron chi connectivity index (χ3n) is 3.59. The van der Waals surface area contributed by atoms with E-state index >= 15 is 0 Å². The number of halogens is 1. The van der Waals surface area contributed by atoms with Crippen molar-refractivity contribution in [2.24, 2.45) is 0 Å². The summed E-state index contributed by atoms with van der Waals surface area (Å²) < 4.78 is 52.0. The summed E-state index contributed by atoms with van der Waals surface area (Å²) >= 11 is 1.95. The summed E-state index contributed by atoms with van der Waals surface area (Å²) in [6, 6.07) is 0. The van der Waals surface area contributed by atoms with E-state index in [1.165, 1.54) is 0 Å². The number of nitrogens with zero attached hydrogens (tertiary/aromatic N) is 1. The van der Waals surface area contributed by atoms with Gasteiger partial charge in [0.15, 0.2) is 0 Å². The van der Waals surface area contributed by atoms with Crippen molar-refractivity contribution in [2.75, 3.05) is 11.0 Å². The van der Waals surface area contributed by atoms with Crippen LogP contribution in [-0.2, 0) is 31.6 Å². The largest absolute Gasteiger partial charge is 0.490 e. The maximum Gasteiger partial charge on any atom is 0.490 e. The van der Waals surface area contributed by atoms with E-state index in [1.54, 1.807) is 0 Å². The van der Waals surface area contributed by atoms with Crippen LogP contribution >= 0.6 is 46.1 Å². The van der Waals surface area contributed by atoms with Crippen molar-refractivity contribution >= 4 is 46.1 Å². The van der Waals surface area contributed by atoms with Crippen LogP contribution in [0.25, 0.3) is 0 Å². The minimum Gasteiger partial charge on any atom is -0.390 e. The maximum absolute atomic E-state index is 12.1. The molecule has 1 aromatic heterocycles. The summed E-state index contributed by atoms with van der Waals surface area (Å²) in [6.45, 7) is -0.902. The van der Waals surface area contributed by atoms with E-state index in [2.05, 4.69) is 25.0 Å². The molecule has 2 rings (SSSR count). The molecular formula is C12H16IN2O14P3. The summed E-state index contributed by atoms with van der Waals surface area (Å²) in [6.07, 6.45) is -2.93. The van der Waals surface area contributed by atoms with Gasteiger partial charge in [-0.05, 0) is 0 Å². The van der Waals surface area contributed by atoms with Crippen molar-refractivity contribution in [1.82, 2.24) is 9.55 Å². The van der Waals surface area contributed by atoms with Crippen LogP contribution in [0.5, 0.6) is 0 Å². The van der Waals surface area contributed by atoms with Crippen molar-refractivity contribution in [3.05, 3.63) is 32.6 Å². The first-order valence-corrected chi connectivity index (χ1v) is 14.2. The summed E-state index contributed by atoms with van der Waals surface area (Å²) in [5.41, 5.74) is -1.65. The molecule has 2 heterocycles. The highest BCUT2D eigenvalue weighted by Crippen LogP contribution is 2.66. The number of ether oxygens (including phenoxy) is 1. The SMILES string of the molecule is O=c1[nH]c(=O)n([C@H]2CC(O)[C@@H](COP(=O)(O)OP(=O)(O)OP(=O)(O)O)O2)cc1C#CCI. The Bertz CT molecular complexity index is 1160. The predicted molar refractivity (Wildman–Crippen MR) is 111 cm³/mol. The van der Waals surface area contributed by atoms with Gasteiger partial charge >= 0.3 is 29.2 Å². The lowest BCUT2D eigenvalue weighted by molar-refractivity contribution is -0.0450. The topological polar surface area (TPSA) is 244 Å². The Kier molecular flexibility index (Phi) is 9.21. The number of aliphatic hydroxyl groups is 1. The van der Waals surface area contributed by atoms with E-state index < -0.39 is 59.8 Å². The number of phosphoric acid groups is 3. The Morgan fingerprint density at radius 3 is 2.44 bits per heavy atom. The number of alkyl halides is 1. The van der Waals surface area contributed by atoms with Gasteiger partial charge in [-0.15, -0.1) is 0 Å². The molecule has 1 saturated heterocycles. The van der Waals surface area contributed by atoms with Gasteiger partial charge in [-0.1, -0.05) is 34.4 Å². The Balaban J connectivity index is 2.09. The van der Waals surface area contributed by atoms with Gasteiger partial charge in [0.05, 0.1) is 17.1 Å². The molecule has 0 spiro atoms. The smallest absolute Gasteiger partial charge is 0.390 e. The molecule has 6 N–H and O–H groups in total. The molecule has 20 heteroatoms. The van der Waals surface area contributed by atoms with Gasteiger partial charge in [0.1, 0.15) is 17.9 Å². The van der Waals surface area contributed by atoms with E-state index in [1.807, 2.05) is 27.6 Å². The molecule has 5 atom stereocenters. The number of aromatic nitrogens is 2. The molecule has 0 aliphatic carbocycles. The minimum absolute atomic E-state index is 0.0453. The standard InChI is InChI=1S/C12H16IN2O14P3/c13-3-1-2-7-5-15(12(18)14-11(7)17)10-4-8(16)9(27-10)6-26-31(22,23)29-32(24,25)28-30(19,20)21/h5,8-10,16H,3-4,6H2,(H,22,23)(H,24,25)(H,14,17,18)(H2,19,20,21)/t8?,9-,10-/m1/s1. The van der Waals surface area contributed by atoms with Crippen molar-refractivity contribution in [3.8, 4) is 11.8 Å². The van der Waals surface area contributed by atoms with Crippen molar-refractivity contribution in [3.63, 3.8) is 0 Å². The third kappa shape index (κ3) is 8.26. The molecule has 3 unspecified atom stereocenters. The van der Waals surface area contributed by atoms with E-state index in [4.69, 9.17) is 19.4 Å². The first kappa shape index (κ1) is 27.5. The van der Waals surface area contributed by atoms with Gasteiger partial charge in [-0.2, -0.15) is 8.62 Å². The van der Waals surface area contributed by atoms with Crippen LogP contribution in [0.3, 0.4) is 0 Å². The van der Waals surface area contributed by atoms with Crippen molar-refractivity contribution in [2.45, 2.75) is 24.9 Å². The lowest BCUT2D eigenvalue weighted by Crippen LogP contribution is -2.33. The third-order valence-corrected chi connectivity index (χ3v) is 7.77. The zero-order valence-corrected chi connectivity index (χ0v) is 20.3. The first-order valence-electron chi connectivity index (χ1n) is 8.14. The van der Waals surface area contributed by atoms with Crippen LogP contribution in [0.1, 0.15) is 18.2 Å². The van der Waals surface area contributed by atoms with Crippen LogP contribution < -0.4 is 11.2 Å². The second-order valence-electron chi connectivity index (χ2n) is 5.96. The monoisotopic (exact) mass is 632 g/mol. The Morgan fingerprint density at radius 1 is 1.19 bits per heavy atom. The molecule has 0 radical (unpaired) electrons. The molecule has 0 aromatic carbocycles. The number of aromatic amines is 1. The number of phosphoric ester groups is 1. The summed E-state index contributed by atoms with van der Waals surface area (Å²) in [5, 5.41) is 10.1. The van der Waals surface area contributed by atoms with Crippen LogP contribution in [-0.4, -0.2) is 57.5 Å². The number of rotatable bonds is 8. The van der Waals surface area contributed by atoms with Gasteiger partial charge in [-0.3, -0.25) is 18.9 Å². The average Bonchev–Trinajstić information content (AvgIpc) is 2.97. The lowest BCUT2D eigenvalue weighted by Gasteiger charge is -2.19. The highest BCUT2D eigenvalue weighted by Gasteiger charge is 2.43. The highest BCUT2D eigenvalue weighted by molar-refractivity contribution is 14.1. The van der Waals surface area contributed by atoms with Crippen molar-refractivity contribution in [1.29, 1.82) is 0 Å². The fourth-order valence-electron chi connectivity index (χ4n) is 2.42. The molecule has 1 aliphatic rings. The first-order chi connectivity index (χ1) is 14.6. The number of H-pyrrole nitrogens is 1. The zero-order chi connectivity index (χ0) is 24.3. The Hall–Kier alpha value is -0.700. The average molecular weight is 632 g/mol. The summed E-state index contributed by atoms with van der Waals surface area (Å²) in [7, 11) is -16.7. The van der Waals surface area contributed by atoms with E-state index in [9.17, 15) is 33.3 Å². The van der Waals surface area contributed by atoms with E-state index in [0.29, 0.717) is 4.43 Å². The quantitative estimate of drug-likeness (QED) is 0.0900. The fraction of sp³-hybridized carbons (Fsp3) is 0.500. The Morgan fingerprint density at radius 2 is 1.84 bits per heavy atom. The number of hydrogen-bond donors (Lipinski definition) is 6. The van der Waals surface area contributed by atoms with E-state index in [0.717, 1.165) is 10.8 Å². The molecule has 180 valence electrons. The normalized spacial score (nSPS) is 24.9. The van der Waals surface area contributed by atoms with Gasteiger partial charge < -0.3 is 29.4 Å². The van der Waals surface area contributed by atoms with Gasteiger partial charge in [0.25, 0.3) is 5.56 Å². The predicted octanol–water partition coefficient (Wildman–Crippen LogP) is -0.685. The fourth-order valence-corrected chi connectivity index (χ4v) is 5.64. The maximum atomic E-state index is 12.1. The number of hydrogen-bond acceptors (Lipinski definition) is 10. The summed E-state index contributed by atoms with van der Waals surface area (Å²) in [4.78, 5) is 61.5. The van der Waals surface area contributed by atoms with Crippen LogP contribution in [0.4, 0.5) is 0 Å². The summed E-state index contributed by atoms with van der Waals surface area (Å²) in [5.74, 6) is 5.20. The van der Waals surface area contributed by atoms with Gasteiger partial charge in [0, 0.05) is 12.6 Å². The second kappa shape index (κ2) is 10.7. The van der Waals surface area contributed by atoms with Crippen LogP contribution in [0.15, 0.2) is 15.8 Å². The number of nitrogens with one attached hydrogen (secondary N) is 1. The molecule has 0 bridgehead atoms. The van der Waals surface area contributed by atoms with E-state index in [-0.39, 0.29) is 12.0 Å². The molecule has 16 nitrogen and oxygen atoms in total. The van der Waals surface area contributed by atoms with Crippen molar-refractivity contribution < 1.29 is 56.3 Å². The molecular weight excluding hydrogens is 616 g/mol. The van der Waals surface area contributed by atoms with Gasteiger partial charge in [-0.25, -0.2) is 18.5 Å². The van der Waals surface area contributed by atoms with Crippen LogP contribution in [0.2, 0.25) is 0 Å². The highest BCUT2D eigenvalue weighted by atomic mass is 127. The second-order valence-corrected chi connectivity index (χ2v) is 11.1. The van der Waals surface area contributed by atoms with Gasteiger partial charge in [0.2, 0.25) is 0 Å².